The molecule has 0 atom stereocenters. The number of benzene rings is 1. The first-order valence-electron chi connectivity index (χ1n) is 3.43. The van der Waals surface area contributed by atoms with Crippen LogP contribution in [0.3, 0.4) is 0 Å². The molecule has 12 heavy (non-hydrogen) atoms. The van der Waals surface area contributed by atoms with Crippen molar-refractivity contribution in [2.24, 2.45) is 0 Å². The van der Waals surface area contributed by atoms with Crippen molar-refractivity contribution in [2.75, 3.05) is 7.11 Å². The number of methoxy groups -OCH3 is 1. The molecule has 0 aliphatic heterocycles. The van der Waals surface area contributed by atoms with Crippen LogP contribution < -0.4 is 4.74 Å². The molecule has 0 fully saturated rings. The van der Waals surface area contributed by atoms with Crippen LogP contribution in [-0.2, 0) is 0 Å². The molecule has 0 aliphatic carbocycles. The minimum absolute atomic E-state index is 0.165. The fraction of sp³-hybridized carbons (Fsp3) is 0.125. The van der Waals surface area contributed by atoms with Gasteiger partial charge >= 0.3 is 6.08 Å². The van der Waals surface area contributed by atoms with Crippen molar-refractivity contribution in [2.45, 2.75) is 0 Å². The third kappa shape index (κ3) is 0.972. The first-order chi connectivity index (χ1) is 5.79. The largest absolute Gasteiger partial charge is 0.508 e. The molecule has 1 aromatic carbocycles. The van der Waals surface area contributed by atoms with Crippen LogP contribution in [0.15, 0.2) is 22.6 Å². The fourth-order valence-electron chi connectivity index (χ4n) is 0.982. The molecule has 1 heterocycles. The van der Waals surface area contributed by atoms with E-state index in [1.807, 2.05) is 0 Å². The number of aromatic nitrogens is 1. The molecule has 0 spiro atoms. The van der Waals surface area contributed by atoms with Crippen LogP contribution in [0.4, 0.5) is 0 Å². The summed E-state index contributed by atoms with van der Waals surface area (Å²) in [6.45, 7) is 0. The van der Waals surface area contributed by atoms with E-state index in [1.165, 1.54) is 19.2 Å². The molecule has 2 rings (SSSR count). The Morgan fingerprint density at radius 2 is 2.33 bits per heavy atom. The number of hydrogen-bond acceptors (Lipinski definition) is 4. The van der Waals surface area contributed by atoms with Gasteiger partial charge in [-0.3, -0.25) is 0 Å². The maximum Gasteiger partial charge on any atom is 0.394 e. The van der Waals surface area contributed by atoms with Crippen molar-refractivity contribution >= 4 is 11.1 Å². The zero-order chi connectivity index (χ0) is 8.55. The summed E-state index contributed by atoms with van der Waals surface area (Å²) < 4.78 is 9.91. The summed E-state index contributed by atoms with van der Waals surface area (Å²) in [6.07, 6.45) is 0.204. The van der Waals surface area contributed by atoms with E-state index in [-0.39, 0.29) is 11.8 Å². The van der Waals surface area contributed by atoms with Gasteiger partial charge in [-0.2, -0.15) is 4.98 Å². The van der Waals surface area contributed by atoms with E-state index in [4.69, 9.17) is 14.3 Å². The molecule has 4 heteroatoms. The molecule has 1 aromatic heterocycles. The van der Waals surface area contributed by atoms with Crippen LogP contribution in [0.1, 0.15) is 0 Å². The minimum atomic E-state index is 0.165. The summed E-state index contributed by atoms with van der Waals surface area (Å²) in [6, 6.07) is 4.69. The highest BCUT2D eigenvalue weighted by Gasteiger charge is 2.04. The second kappa shape index (κ2) is 2.41. The maximum absolute atomic E-state index is 9.09. The van der Waals surface area contributed by atoms with Gasteiger partial charge in [0.2, 0.25) is 0 Å². The molecule has 0 bridgehead atoms. The molecule has 2 aromatic rings. The van der Waals surface area contributed by atoms with Gasteiger partial charge in [0.15, 0.2) is 5.58 Å². The van der Waals surface area contributed by atoms with Crippen LogP contribution >= 0.6 is 0 Å². The monoisotopic (exact) mass is 165 g/mol. The molecule has 4 nitrogen and oxygen atoms in total. The zero-order valence-corrected chi connectivity index (χ0v) is 6.44. The number of hydrogen-bond donors (Lipinski definition) is 1. The van der Waals surface area contributed by atoms with E-state index < -0.39 is 0 Å². The summed E-state index contributed by atoms with van der Waals surface area (Å²) in [7, 11) is 1.48. The first-order valence-corrected chi connectivity index (χ1v) is 3.43. The van der Waals surface area contributed by atoms with Gasteiger partial charge in [0.25, 0.3) is 0 Å². The summed E-state index contributed by atoms with van der Waals surface area (Å²) in [5.74, 6) is 0.165. The summed E-state index contributed by atoms with van der Waals surface area (Å²) in [5.41, 5.74) is 1.19. The predicted molar refractivity (Wildman–Crippen MR) is 42.2 cm³/mol. The van der Waals surface area contributed by atoms with Crippen LogP contribution in [-0.4, -0.2) is 17.2 Å². The second-order valence-electron chi connectivity index (χ2n) is 2.34. The van der Waals surface area contributed by atoms with Gasteiger partial charge in [-0.15, -0.1) is 0 Å². The number of fused-ring (bicyclic) bond motifs is 1. The van der Waals surface area contributed by atoms with Crippen molar-refractivity contribution in [3.63, 3.8) is 0 Å². The number of phenols is 1. The number of phenolic OH excluding ortho intramolecular Hbond substituents is 1. The molecule has 0 saturated carbocycles. The molecular weight excluding hydrogens is 158 g/mol. The lowest BCUT2D eigenvalue weighted by Gasteiger charge is -1.86. The van der Waals surface area contributed by atoms with Crippen LogP contribution in [0.25, 0.3) is 11.1 Å². The third-order valence-corrected chi connectivity index (χ3v) is 1.53. The van der Waals surface area contributed by atoms with E-state index in [1.54, 1.807) is 6.07 Å². The van der Waals surface area contributed by atoms with Gasteiger partial charge in [0.05, 0.1) is 7.11 Å². The molecule has 0 saturated heterocycles. The zero-order valence-electron chi connectivity index (χ0n) is 6.44. The summed E-state index contributed by atoms with van der Waals surface area (Å²) in [5, 5.41) is 9.09. The Hall–Kier alpha value is -1.71. The van der Waals surface area contributed by atoms with Crippen molar-refractivity contribution in [1.29, 1.82) is 0 Å². The Labute approximate surface area is 68.4 Å². The average Bonchev–Trinajstić information content (AvgIpc) is 2.46. The fourth-order valence-corrected chi connectivity index (χ4v) is 0.982. The Bertz CT molecular complexity index is 408. The number of aromatic hydroxyl groups is 1. The number of ether oxygens (including phenoxy) is 1. The van der Waals surface area contributed by atoms with E-state index in [2.05, 4.69) is 4.98 Å². The Morgan fingerprint density at radius 1 is 1.50 bits per heavy atom. The number of nitrogens with zero attached hydrogens (tertiary/aromatic N) is 1. The van der Waals surface area contributed by atoms with E-state index >= 15 is 0 Å². The molecular formula is C8H7NO3. The van der Waals surface area contributed by atoms with Gasteiger partial charge in [-0.05, 0) is 12.1 Å². The van der Waals surface area contributed by atoms with Crippen LogP contribution in [0.5, 0.6) is 11.8 Å². The SMILES string of the molecule is COc1nc2cc(O)ccc2o1. The van der Waals surface area contributed by atoms with Crippen molar-refractivity contribution in [3.8, 4) is 11.8 Å². The van der Waals surface area contributed by atoms with Gasteiger partial charge in [0, 0.05) is 6.07 Å². The van der Waals surface area contributed by atoms with Gasteiger partial charge in [0.1, 0.15) is 11.3 Å². The van der Waals surface area contributed by atoms with Gasteiger partial charge in [-0.25, -0.2) is 0 Å². The smallest absolute Gasteiger partial charge is 0.394 e. The molecule has 0 amide bonds. The van der Waals surface area contributed by atoms with Crippen LogP contribution in [0.2, 0.25) is 0 Å². The summed E-state index contributed by atoms with van der Waals surface area (Å²) in [4.78, 5) is 3.94. The van der Waals surface area contributed by atoms with E-state index in [0.717, 1.165) is 0 Å². The van der Waals surface area contributed by atoms with Crippen LogP contribution in [0, 0.1) is 0 Å². The Kier molecular flexibility index (Phi) is 1.40. The van der Waals surface area contributed by atoms with E-state index in [9.17, 15) is 0 Å². The Balaban J connectivity index is 2.67. The van der Waals surface area contributed by atoms with Crippen molar-refractivity contribution < 1.29 is 14.3 Å². The quantitative estimate of drug-likeness (QED) is 0.696. The standard InChI is InChI=1S/C8H7NO3/c1-11-8-9-6-4-5(10)2-3-7(6)12-8/h2-4,10H,1H3. The third-order valence-electron chi connectivity index (χ3n) is 1.53. The van der Waals surface area contributed by atoms with Crippen molar-refractivity contribution in [1.82, 2.24) is 4.98 Å². The Morgan fingerprint density at radius 3 is 3.08 bits per heavy atom. The highest BCUT2D eigenvalue weighted by Crippen LogP contribution is 2.23. The van der Waals surface area contributed by atoms with E-state index in [0.29, 0.717) is 11.1 Å². The lowest BCUT2D eigenvalue weighted by atomic mass is 10.3. The lowest BCUT2D eigenvalue weighted by molar-refractivity contribution is 0.299. The number of rotatable bonds is 1. The first kappa shape index (κ1) is 6.97. The highest BCUT2D eigenvalue weighted by atomic mass is 16.6. The minimum Gasteiger partial charge on any atom is -0.508 e. The second-order valence-corrected chi connectivity index (χ2v) is 2.34. The molecule has 62 valence electrons. The van der Waals surface area contributed by atoms with Crippen molar-refractivity contribution in [3.05, 3.63) is 18.2 Å². The molecule has 1 N–H and O–H groups in total. The van der Waals surface area contributed by atoms with Gasteiger partial charge < -0.3 is 14.3 Å². The predicted octanol–water partition coefficient (Wildman–Crippen LogP) is 1.54. The summed E-state index contributed by atoms with van der Waals surface area (Å²) >= 11 is 0. The maximum atomic E-state index is 9.09. The normalized spacial score (nSPS) is 10.4. The number of oxazole rings is 1. The molecule has 0 radical (unpaired) electrons. The highest BCUT2D eigenvalue weighted by molar-refractivity contribution is 5.74. The molecule has 0 unspecified atom stereocenters. The lowest BCUT2D eigenvalue weighted by Crippen LogP contribution is -1.79. The topological polar surface area (TPSA) is 55.5 Å². The molecule has 0 aliphatic rings. The average molecular weight is 165 g/mol. The van der Waals surface area contributed by atoms with Gasteiger partial charge in [-0.1, -0.05) is 0 Å².